The van der Waals surface area contributed by atoms with Gasteiger partial charge >= 0.3 is 0 Å². The van der Waals surface area contributed by atoms with Gasteiger partial charge in [0.2, 0.25) is 0 Å². The molecule has 4 saturated carbocycles. The highest BCUT2D eigenvalue weighted by molar-refractivity contribution is 6.14. The normalized spacial score (nSPS) is 16.3. The summed E-state index contributed by atoms with van der Waals surface area (Å²) in [7, 11) is 0. The molecule has 536 valence electrons. The molecule has 12 aromatic rings. The fourth-order valence-electron chi connectivity index (χ4n) is 18.5. The summed E-state index contributed by atoms with van der Waals surface area (Å²) in [6.45, 7) is 11.1. The Morgan fingerprint density at radius 3 is 0.822 bits per heavy atom. The second-order valence-corrected chi connectivity index (χ2v) is 32.0. The number of hydrogen-bond donors (Lipinski definition) is 0. The summed E-state index contributed by atoms with van der Waals surface area (Å²) in [5.41, 5.74) is 32.0. The minimum Gasteiger partial charge on any atom is -0.310 e. The zero-order valence-corrected chi connectivity index (χ0v) is 64.0. The molecule has 2 nitrogen and oxygen atoms in total. The summed E-state index contributed by atoms with van der Waals surface area (Å²) in [6.07, 6.45) is 35.7. The van der Waals surface area contributed by atoms with Gasteiger partial charge in [-0.3, -0.25) is 0 Å². The van der Waals surface area contributed by atoms with Crippen LogP contribution in [0.3, 0.4) is 0 Å². The van der Waals surface area contributed by atoms with Crippen LogP contribution < -0.4 is 9.80 Å². The first-order valence-corrected chi connectivity index (χ1v) is 40.8. The number of rotatable bonds is 19. The van der Waals surface area contributed by atoms with Crippen molar-refractivity contribution in [2.45, 2.75) is 163 Å². The molecule has 2 heteroatoms. The van der Waals surface area contributed by atoms with Gasteiger partial charge in [-0.2, -0.15) is 0 Å². The molecule has 0 spiro atoms. The van der Waals surface area contributed by atoms with Gasteiger partial charge in [-0.05, 0) is 265 Å². The van der Waals surface area contributed by atoms with Crippen molar-refractivity contribution >= 4 is 102 Å². The van der Waals surface area contributed by atoms with E-state index in [1.807, 2.05) is 0 Å². The molecular weight excluding hydrogens is 1290 g/mol. The zero-order valence-electron chi connectivity index (χ0n) is 64.0. The number of hydrogen-bond acceptors (Lipinski definition) is 2. The highest BCUT2D eigenvalue weighted by Crippen LogP contribution is 2.49. The smallest absolute Gasteiger partial charge is 0.0540 e. The van der Waals surface area contributed by atoms with Crippen molar-refractivity contribution in [1.29, 1.82) is 0 Å². The Hall–Kier alpha value is -10.3. The minimum atomic E-state index is 0.560. The summed E-state index contributed by atoms with van der Waals surface area (Å²) >= 11 is 0. The molecule has 4 fully saturated rings. The fourth-order valence-corrected chi connectivity index (χ4v) is 18.5. The van der Waals surface area contributed by atoms with E-state index < -0.39 is 0 Å². The van der Waals surface area contributed by atoms with Crippen molar-refractivity contribution in [2.24, 2.45) is 23.7 Å². The maximum Gasteiger partial charge on any atom is 0.0540 e. The van der Waals surface area contributed by atoms with E-state index in [0.29, 0.717) is 23.7 Å². The van der Waals surface area contributed by atoms with Gasteiger partial charge in [0.25, 0.3) is 0 Å². The van der Waals surface area contributed by atoms with Crippen molar-refractivity contribution in [3.8, 4) is 11.1 Å². The highest BCUT2D eigenvalue weighted by Gasteiger charge is 2.27. The molecule has 107 heavy (non-hydrogen) atoms. The van der Waals surface area contributed by atoms with E-state index in [-0.39, 0.29) is 0 Å². The zero-order chi connectivity index (χ0) is 72.6. The molecule has 16 rings (SSSR count). The van der Waals surface area contributed by atoms with Crippen LogP contribution in [-0.2, 0) is 0 Å². The highest BCUT2D eigenvalue weighted by atomic mass is 15.1. The molecule has 4 aliphatic rings. The van der Waals surface area contributed by atoms with E-state index in [2.05, 4.69) is 330 Å². The van der Waals surface area contributed by atoms with Crippen molar-refractivity contribution in [1.82, 2.24) is 0 Å². The quantitative estimate of drug-likeness (QED) is 0.0745. The SMILES string of the molecule is Cc1ccc(C(=Cc2ccc(N(c3ccc(C=C(c4ccc(C)cc4)C4CCCCC4)cc3)c3ccc(-c4ccc(N(c5ccc(C=C(c6ccc(C)cc6)C6CCCCC6)cc5)c5ccc(C=C(c6ccc(C)cc6)C6CCCCC6)cc5)c5cccc(C)c45)c4ccccc34)cc2)C2CCCCC2)cc1. The van der Waals surface area contributed by atoms with Gasteiger partial charge in [0.15, 0.2) is 0 Å². The van der Waals surface area contributed by atoms with Crippen LogP contribution >= 0.6 is 0 Å². The van der Waals surface area contributed by atoms with Gasteiger partial charge in [0.05, 0.1) is 11.4 Å². The van der Waals surface area contributed by atoms with Crippen LogP contribution in [0.1, 0.15) is 201 Å². The largest absolute Gasteiger partial charge is 0.310 e. The monoisotopic (exact) mass is 1390 g/mol. The summed E-state index contributed by atoms with van der Waals surface area (Å²) < 4.78 is 0. The summed E-state index contributed by atoms with van der Waals surface area (Å²) in [5.74, 6) is 2.24. The van der Waals surface area contributed by atoms with Crippen molar-refractivity contribution in [3.05, 3.63) is 333 Å². The van der Waals surface area contributed by atoms with E-state index in [1.165, 1.54) is 256 Å². The average molecular weight is 1400 g/mol. The van der Waals surface area contributed by atoms with E-state index in [4.69, 9.17) is 0 Å². The second-order valence-electron chi connectivity index (χ2n) is 32.0. The Labute approximate surface area is 639 Å². The van der Waals surface area contributed by atoms with Gasteiger partial charge in [0, 0.05) is 33.5 Å². The molecule has 0 saturated heterocycles. The first-order valence-electron chi connectivity index (χ1n) is 40.8. The number of benzene rings is 12. The van der Waals surface area contributed by atoms with E-state index >= 15 is 0 Å². The third-order valence-corrected chi connectivity index (χ3v) is 24.5. The Morgan fingerprint density at radius 2 is 0.514 bits per heavy atom. The first-order chi connectivity index (χ1) is 52.6. The lowest BCUT2D eigenvalue weighted by Gasteiger charge is -2.29. The van der Waals surface area contributed by atoms with E-state index in [0.717, 1.165) is 34.1 Å². The summed E-state index contributed by atoms with van der Waals surface area (Å²) in [6, 6.07) is 101. The third kappa shape index (κ3) is 16.1. The number of fused-ring (bicyclic) bond motifs is 2. The lowest BCUT2D eigenvalue weighted by atomic mass is 9.80. The molecule has 0 atom stereocenters. The summed E-state index contributed by atoms with van der Waals surface area (Å²) in [4.78, 5) is 5.04. The minimum absolute atomic E-state index is 0.560. The van der Waals surface area contributed by atoms with E-state index in [9.17, 15) is 0 Å². The Balaban J connectivity index is 0.812. The average Bonchev–Trinajstić information content (AvgIpc) is 0.738. The van der Waals surface area contributed by atoms with Crippen LogP contribution in [0.2, 0.25) is 0 Å². The van der Waals surface area contributed by atoms with Gasteiger partial charge in [-0.1, -0.05) is 324 Å². The number of aryl methyl sites for hydroxylation is 5. The molecule has 0 unspecified atom stereocenters. The molecule has 0 aliphatic heterocycles. The van der Waals surface area contributed by atoms with Crippen LogP contribution in [0.25, 0.3) is 79.3 Å². The Bertz CT molecular complexity index is 4910. The topological polar surface area (TPSA) is 6.48 Å². The maximum atomic E-state index is 2.52. The van der Waals surface area contributed by atoms with Crippen molar-refractivity contribution in [2.75, 3.05) is 9.80 Å². The van der Waals surface area contributed by atoms with Crippen LogP contribution in [0.15, 0.2) is 261 Å². The van der Waals surface area contributed by atoms with Crippen molar-refractivity contribution in [3.63, 3.8) is 0 Å². The molecule has 0 bridgehead atoms. The molecule has 12 aromatic carbocycles. The number of allylic oxidation sites excluding steroid dienone is 4. The van der Waals surface area contributed by atoms with Gasteiger partial charge in [0.1, 0.15) is 0 Å². The van der Waals surface area contributed by atoms with Crippen molar-refractivity contribution < 1.29 is 0 Å². The van der Waals surface area contributed by atoms with Gasteiger partial charge in [-0.25, -0.2) is 0 Å². The molecule has 0 aromatic heterocycles. The third-order valence-electron chi connectivity index (χ3n) is 24.5. The standard InChI is InChI=1S/C105H106N2/c1-73-33-49-86(50-34-73)99(82-22-10-6-11-23-82)69-78-41-57-90(58-42-78)106(91-59-43-79(44-60-91)70-100(83-24-12-7-13-25-83)87-51-35-74(2)36-52-87)103-67-65-95(94-30-18-19-31-96(94)103)97-66-68-104(98-32-20-21-77(5)105(97)98)107(92-61-45-80(46-62-92)71-101(84-26-14-8-15-27-84)88-53-37-75(3)38-54-88)93-63-47-81(48-64-93)72-102(85-28-16-9-17-29-85)89-55-39-76(4)40-56-89/h18-21,30-72,82-85H,6-17,22-29H2,1-5H3. The molecule has 0 N–H and O–H groups in total. The predicted molar refractivity (Wildman–Crippen MR) is 463 cm³/mol. The molecular formula is C105H106N2. The second kappa shape index (κ2) is 32.8. The fraction of sp³-hybridized carbons (Fsp3) is 0.276. The van der Waals surface area contributed by atoms with Crippen LogP contribution in [0.4, 0.5) is 34.1 Å². The lowest BCUT2D eigenvalue weighted by Crippen LogP contribution is -2.11. The summed E-state index contributed by atoms with van der Waals surface area (Å²) in [5, 5.41) is 4.90. The lowest BCUT2D eigenvalue weighted by molar-refractivity contribution is 0.430. The Morgan fingerprint density at radius 1 is 0.243 bits per heavy atom. The molecule has 0 heterocycles. The van der Waals surface area contributed by atoms with E-state index in [1.54, 1.807) is 0 Å². The van der Waals surface area contributed by atoms with Crippen LogP contribution in [0.5, 0.6) is 0 Å². The maximum absolute atomic E-state index is 2.52. The predicted octanol–water partition coefficient (Wildman–Crippen LogP) is 30.6. The molecule has 4 aliphatic carbocycles. The number of nitrogens with zero attached hydrogens (tertiary/aromatic N) is 2. The van der Waals surface area contributed by atoms with Gasteiger partial charge in [-0.15, -0.1) is 0 Å². The van der Waals surface area contributed by atoms with Gasteiger partial charge < -0.3 is 9.80 Å². The Kier molecular flexibility index (Phi) is 21.8. The number of anilines is 6. The van der Waals surface area contributed by atoms with Crippen LogP contribution in [-0.4, -0.2) is 0 Å². The van der Waals surface area contributed by atoms with Crippen LogP contribution in [0, 0.1) is 58.3 Å². The first kappa shape index (κ1) is 71.0. The molecule has 0 radical (unpaired) electrons. The molecule has 0 amide bonds.